The lowest BCUT2D eigenvalue weighted by Gasteiger charge is -2.20. The zero-order valence-corrected chi connectivity index (χ0v) is 14.9. The fourth-order valence-electron chi connectivity index (χ4n) is 2.94. The van der Waals surface area contributed by atoms with Crippen molar-refractivity contribution in [2.45, 2.75) is 64.7 Å². The zero-order valence-electron chi connectivity index (χ0n) is 14.9. The molecular formula is C20H31NO2. The van der Waals surface area contributed by atoms with Crippen molar-refractivity contribution in [1.29, 1.82) is 0 Å². The van der Waals surface area contributed by atoms with Crippen LogP contribution in [0.4, 0.5) is 0 Å². The van der Waals surface area contributed by atoms with E-state index in [0.717, 1.165) is 38.1 Å². The van der Waals surface area contributed by atoms with E-state index in [1.165, 1.54) is 18.4 Å². The summed E-state index contributed by atoms with van der Waals surface area (Å²) in [4.78, 5) is 14.2. The molecule has 0 spiro atoms. The molecule has 3 heteroatoms. The summed E-state index contributed by atoms with van der Waals surface area (Å²) >= 11 is 0. The number of rotatable bonds is 5. The highest BCUT2D eigenvalue weighted by Crippen LogP contribution is 2.24. The number of likely N-dealkylation sites (tertiary alicyclic amines) is 1. The van der Waals surface area contributed by atoms with E-state index in [9.17, 15) is 4.79 Å². The second-order valence-electron chi connectivity index (χ2n) is 7.52. The Kier molecular flexibility index (Phi) is 6.49. The third kappa shape index (κ3) is 5.89. The first-order valence-corrected chi connectivity index (χ1v) is 8.98. The van der Waals surface area contributed by atoms with Crippen LogP contribution in [0.2, 0.25) is 0 Å². The van der Waals surface area contributed by atoms with Crippen LogP contribution in [0.5, 0.6) is 5.75 Å². The van der Waals surface area contributed by atoms with Crippen molar-refractivity contribution in [1.82, 2.24) is 4.90 Å². The molecule has 0 radical (unpaired) electrons. The summed E-state index contributed by atoms with van der Waals surface area (Å²) < 4.78 is 5.77. The van der Waals surface area contributed by atoms with Crippen LogP contribution in [-0.2, 0) is 10.2 Å². The van der Waals surface area contributed by atoms with Gasteiger partial charge in [0.05, 0.1) is 6.61 Å². The molecule has 0 aromatic heterocycles. The van der Waals surface area contributed by atoms with Gasteiger partial charge in [-0.05, 0) is 42.4 Å². The van der Waals surface area contributed by atoms with Crippen molar-refractivity contribution in [2.24, 2.45) is 0 Å². The maximum atomic E-state index is 12.2. The normalized spacial score (nSPS) is 16.0. The molecule has 1 aliphatic heterocycles. The average molecular weight is 317 g/mol. The molecule has 1 aliphatic rings. The number of carbonyl (C=O) groups excluding carboxylic acids is 1. The fraction of sp³-hybridized carbons (Fsp3) is 0.650. The third-order valence-electron chi connectivity index (χ3n) is 4.48. The van der Waals surface area contributed by atoms with Crippen LogP contribution < -0.4 is 4.74 Å². The molecule has 1 heterocycles. The van der Waals surface area contributed by atoms with Crippen LogP contribution in [0, 0.1) is 0 Å². The molecule has 1 saturated heterocycles. The number of hydrogen-bond acceptors (Lipinski definition) is 2. The standard InChI is InChI=1S/C20H31NO2/c1-20(2,3)17-10-12-18(13-11-17)23-16-8-9-19(22)21-14-6-4-5-7-15-21/h10-13H,4-9,14-16H2,1-3H3. The number of amides is 1. The van der Waals surface area contributed by atoms with Crippen molar-refractivity contribution in [3.05, 3.63) is 29.8 Å². The van der Waals surface area contributed by atoms with Crippen LogP contribution in [0.15, 0.2) is 24.3 Å². The highest BCUT2D eigenvalue weighted by atomic mass is 16.5. The number of hydrogen-bond donors (Lipinski definition) is 0. The Morgan fingerprint density at radius 2 is 1.65 bits per heavy atom. The Hall–Kier alpha value is -1.51. The monoisotopic (exact) mass is 317 g/mol. The van der Waals surface area contributed by atoms with Crippen molar-refractivity contribution in [3.8, 4) is 5.75 Å². The zero-order chi connectivity index (χ0) is 16.7. The SMILES string of the molecule is CC(C)(C)c1ccc(OCCCC(=O)N2CCCCCC2)cc1. The summed E-state index contributed by atoms with van der Waals surface area (Å²) in [6.07, 6.45) is 6.22. The van der Waals surface area contributed by atoms with Gasteiger partial charge in [0.25, 0.3) is 0 Å². The summed E-state index contributed by atoms with van der Waals surface area (Å²) in [5.41, 5.74) is 1.47. The molecule has 0 unspecified atom stereocenters. The number of ether oxygens (including phenoxy) is 1. The average Bonchev–Trinajstić information content (AvgIpc) is 2.80. The molecule has 0 aliphatic carbocycles. The van der Waals surface area contributed by atoms with Crippen molar-refractivity contribution < 1.29 is 9.53 Å². The van der Waals surface area contributed by atoms with E-state index in [1.807, 2.05) is 17.0 Å². The Morgan fingerprint density at radius 1 is 1.04 bits per heavy atom. The second kappa shape index (κ2) is 8.37. The van der Waals surface area contributed by atoms with Crippen LogP contribution in [0.1, 0.15) is 64.9 Å². The molecule has 1 amide bonds. The summed E-state index contributed by atoms with van der Waals surface area (Å²) in [6, 6.07) is 8.30. The van der Waals surface area contributed by atoms with Gasteiger partial charge in [0, 0.05) is 19.5 Å². The number of benzene rings is 1. The molecule has 0 N–H and O–H groups in total. The lowest BCUT2D eigenvalue weighted by Crippen LogP contribution is -2.31. The lowest BCUT2D eigenvalue weighted by atomic mass is 9.87. The number of carbonyl (C=O) groups is 1. The summed E-state index contributed by atoms with van der Waals surface area (Å²) in [7, 11) is 0. The molecule has 128 valence electrons. The van der Waals surface area contributed by atoms with Crippen molar-refractivity contribution >= 4 is 5.91 Å². The van der Waals surface area contributed by atoms with Gasteiger partial charge < -0.3 is 9.64 Å². The largest absolute Gasteiger partial charge is 0.494 e. The first-order valence-electron chi connectivity index (χ1n) is 8.98. The predicted molar refractivity (Wildman–Crippen MR) is 94.9 cm³/mol. The first-order chi connectivity index (χ1) is 11.0. The fourth-order valence-corrected chi connectivity index (χ4v) is 2.94. The minimum absolute atomic E-state index is 0.165. The van der Waals surface area contributed by atoms with Gasteiger partial charge in [0.15, 0.2) is 0 Å². The van der Waals surface area contributed by atoms with Gasteiger partial charge in [0.1, 0.15) is 5.75 Å². The van der Waals surface area contributed by atoms with Crippen molar-refractivity contribution in [3.63, 3.8) is 0 Å². The molecule has 0 saturated carbocycles. The minimum Gasteiger partial charge on any atom is -0.494 e. The molecule has 0 bridgehead atoms. The van der Waals surface area contributed by atoms with E-state index < -0.39 is 0 Å². The molecule has 0 atom stereocenters. The van der Waals surface area contributed by atoms with Crippen LogP contribution >= 0.6 is 0 Å². The Morgan fingerprint density at radius 3 is 2.22 bits per heavy atom. The predicted octanol–water partition coefficient (Wildman–Crippen LogP) is 4.55. The van der Waals surface area contributed by atoms with E-state index in [2.05, 4.69) is 32.9 Å². The maximum Gasteiger partial charge on any atom is 0.222 e. The van der Waals surface area contributed by atoms with E-state index in [0.29, 0.717) is 18.9 Å². The topological polar surface area (TPSA) is 29.5 Å². The molecule has 3 nitrogen and oxygen atoms in total. The van der Waals surface area contributed by atoms with Gasteiger partial charge in [-0.1, -0.05) is 45.7 Å². The summed E-state index contributed by atoms with van der Waals surface area (Å²) in [6.45, 7) is 9.10. The Balaban J connectivity index is 1.69. The molecule has 2 rings (SSSR count). The van der Waals surface area contributed by atoms with Gasteiger partial charge in [-0.25, -0.2) is 0 Å². The molecular weight excluding hydrogens is 286 g/mol. The van der Waals surface area contributed by atoms with E-state index >= 15 is 0 Å². The van der Waals surface area contributed by atoms with Crippen molar-refractivity contribution in [2.75, 3.05) is 19.7 Å². The highest BCUT2D eigenvalue weighted by molar-refractivity contribution is 5.76. The van der Waals surface area contributed by atoms with Crippen LogP contribution in [0.3, 0.4) is 0 Å². The molecule has 1 aromatic rings. The second-order valence-corrected chi connectivity index (χ2v) is 7.52. The molecule has 23 heavy (non-hydrogen) atoms. The van der Waals surface area contributed by atoms with Crippen LogP contribution in [-0.4, -0.2) is 30.5 Å². The number of nitrogens with zero attached hydrogens (tertiary/aromatic N) is 1. The Labute approximate surface area is 141 Å². The van der Waals surface area contributed by atoms with Gasteiger partial charge >= 0.3 is 0 Å². The molecule has 1 aromatic carbocycles. The summed E-state index contributed by atoms with van der Waals surface area (Å²) in [5, 5.41) is 0. The van der Waals surface area contributed by atoms with E-state index in [1.54, 1.807) is 0 Å². The third-order valence-corrected chi connectivity index (χ3v) is 4.48. The summed E-state index contributed by atoms with van der Waals surface area (Å²) in [5.74, 6) is 1.18. The van der Waals surface area contributed by atoms with Gasteiger partial charge in [0.2, 0.25) is 5.91 Å². The first kappa shape index (κ1) is 17.8. The van der Waals surface area contributed by atoms with Gasteiger partial charge in [-0.3, -0.25) is 4.79 Å². The quantitative estimate of drug-likeness (QED) is 0.746. The lowest BCUT2D eigenvalue weighted by molar-refractivity contribution is -0.131. The minimum atomic E-state index is 0.165. The van der Waals surface area contributed by atoms with Crippen LogP contribution in [0.25, 0.3) is 0 Å². The maximum absolute atomic E-state index is 12.2. The smallest absolute Gasteiger partial charge is 0.222 e. The molecule has 1 fully saturated rings. The van der Waals surface area contributed by atoms with Gasteiger partial charge in [-0.2, -0.15) is 0 Å². The highest BCUT2D eigenvalue weighted by Gasteiger charge is 2.15. The Bertz CT molecular complexity index is 479. The van der Waals surface area contributed by atoms with E-state index in [4.69, 9.17) is 4.74 Å². The van der Waals surface area contributed by atoms with E-state index in [-0.39, 0.29) is 5.41 Å². The van der Waals surface area contributed by atoms with Gasteiger partial charge in [-0.15, -0.1) is 0 Å².